The Morgan fingerprint density at radius 2 is 1.46 bits per heavy atom. The molecule has 2 saturated carbocycles. The minimum Gasteiger partial charge on any atom is -0.300 e. The van der Waals surface area contributed by atoms with E-state index in [0.29, 0.717) is 12.2 Å². The first-order chi connectivity index (χ1) is 11.7. The van der Waals surface area contributed by atoms with Gasteiger partial charge in [0.05, 0.1) is 0 Å². The standard InChI is InChI=1S/C12H18O.C10H14O/c13-12-8-6-11(7-9-12)10-4-2-1-3-5-10;1-2-3-4-9-5-7-10(11)8-6-9/h1-9H2;4-5,7H,2-3,6,8H2,1H3. The molecular formula is C22H32O2. The highest BCUT2D eigenvalue weighted by Crippen LogP contribution is 2.32. The topological polar surface area (TPSA) is 34.1 Å². The summed E-state index contributed by atoms with van der Waals surface area (Å²) < 4.78 is 0. The molecule has 0 spiro atoms. The quantitative estimate of drug-likeness (QED) is 0.581. The molecule has 0 aromatic carbocycles. The van der Waals surface area contributed by atoms with Crippen molar-refractivity contribution in [2.24, 2.45) is 0 Å². The highest BCUT2D eigenvalue weighted by molar-refractivity contribution is 5.91. The summed E-state index contributed by atoms with van der Waals surface area (Å²) in [6, 6.07) is 0. The Morgan fingerprint density at radius 1 is 0.792 bits per heavy atom. The number of Topliss-reactive ketones (excluding diaryl/α,β-unsaturated/α-hetero) is 1. The molecule has 0 atom stereocenters. The van der Waals surface area contributed by atoms with Crippen LogP contribution in [0.4, 0.5) is 0 Å². The maximum absolute atomic E-state index is 11.1. The summed E-state index contributed by atoms with van der Waals surface area (Å²) in [4.78, 5) is 21.8. The molecule has 2 heteroatoms. The van der Waals surface area contributed by atoms with Gasteiger partial charge < -0.3 is 0 Å². The minimum atomic E-state index is 0.263. The zero-order valence-electron chi connectivity index (χ0n) is 15.2. The van der Waals surface area contributed by atoms with Crippen LogP contribution in [0.15, 0.2) is 34.9 Å². The van der Waals surface area contributed by atoms with Gasteiger partial charge in [0.25, 0.3) is 0 Å². The van der Waals surface area contributed by atoms with Crippen LogP contribution < -0.4 is 0 Å². The fourth-order valence-electron chi connectivity index (χ4n) is 3.65. The van der Waals surface area contributed by atoms with Crippen LogP contribution >= 0.6 is 0 Å². The summed E-state index contributed by atoms with van der Waals surface area (Å²) in [6.45, 7) is 2.16. The van der Waals surface area contributed by atoms with Crippen LogP contribution in [0.25, 0.3) is 0 Å². The van der Waals surface area contributed by atoms with Gasteiger partial charge in [-0.3, -0.25) is 9.59 Å². The third-order valence-electron chi connectivity index (χ3n) is 5.21. The molecule has 3 aliphatic rings. The third-order valence-corrected chi connectivity index (χ3v) is 5.21. The van der Waals surface area contributed by atoms with Gasteiger partial charge in [-0.05, 0) is 57.4 Å². The van der Waals surface area contributed by atoms with Crippen LogP contribution in [-0.4, -0.2) is 11.6 Å². The number of allylic oxidation sites excluding steroid dienone is 6. The average molecular weight is 328 g/mol. The predicted octanol–water partition coefficient (Wildman–Crippen LogP) is 6.02. The molecule has 0 N–H and O–H groups in total. The van der Waals surface area contributed by atoms with Gasteiger partial charge in [-0.2, -0.15) is 0 Å². The van der Waals surface area contributed by atoms with Crippen molar-refractivity contribution in [2.75, 3.05) is 0 Å². The number of ketones is 2. The molecule has 0 unspecified atom stereocenters. The predicted molar refractivity (Wildman–Crippen MR) is 100.0 cm³/mol. The summed E-state index contributed by atoms with van der Waals surface area (Å²) in [5, 5.41) is 0. The number of carbonyl (C=O) groups is 2. The number of unbranched alkanes of at least 4 members (excludes halogenated alkanes) is 1. The zero-order valence-corrected chi connectivity index (χ0v) is 15.2. The van der Waals surface area contributed by atoms with Crippen LogP contribution in [0.1, 0.15) is 90.4 Å². The van der Waals surface area contributed by atoms with E-state index in [4.69, 9.17) is 0 Å². The van der Waals surface area contributed by atoms with Crippen molar-refractivity contribution < 1.29 is 9.59 Å². The number of carbonyl (C=O) groups excluding carboxylic acids is 2. The van der Waals surface area contributed by atoms with Gasteiger partial charge in [-0.1, -0.05) is 48.6 Å². The van der Waals surface area contributed by atoms with E-state index in [1.165, 1.54) is 44.1 Å². The number of hydrogen-bond donors (Lipinski definition) is 0. The smallest absolute Gasteiger partial charge is 0.156 e. The van der Waals surface area contributed by atoms with Gasteiger partial charge in [0, 0.05) is 19.3 Å². The molecular weight excluding hydrogens is 296 g/mol. The molecule has 3 rings (SSSR count). The number of rotatable bonds is 2. The Bertz CT molecular complexity index is 514. The summed E-state index contributed by atoms with van der Waals surface area (Å²) >= 11 is 0. The first-order valence-corrected chi connectivity index (χ1v) is 9.80. The summed E-state index contributed by atoms with van der Waals surface area (Å²) in [7, 11) is 0. The highest BCUT2D eigenvalue weighted by atomic mass is 16.1. The summed E-state index contributed by atoms with van der Waals surface area (Å²) in [6.07, 6.45) is 20.4. The normalized spacial score (nSPS) is 23.3. The Kier molecular flexibility index (Phi) is 8.21. The molecule has 0 bridgehead atoms. The van der Waals surface area contributed by atoms with Gasteiger partial charge in [0.1, 0.15) is 5.78 Å². The second-order valence-electron chi connectivity index (χ2n) is 7.17. The van der Waals surface area contributed by atoms with Crippen LogP contribution in [0, 0.1) is 0 Å². The van der Waals surface area contributed by atoms with Gasteiger partial charge in [0.2, 0.25) is 0 Å². The van der Waals surface area contributed by atoms with Gasteiger partial charge in [-0.15, -0.1) is 0 Å². The molecule has 132 valence electrons. The largest absolute Gasteiger partial charge is 0.300 e. The summed E-state index contributed by atoms with van der Waals surface area (Å²) in [5.74, 6) is 0.735. The molecule has 0 heterocycles. The summed E-state index contributed by atoms with van der Waals surface area (Å²) in [5.41, 5.74) is 4.67. The second kappa shape index (κ2) is 10.4. The highest BCUT2D eigenvalue weighted by Gasteiger charge is 2.17. The van der Waals surface area contributed by atoms with Gasteiger partial charge in [0.15, 0.2) is 5.78 Å². The molecule has 0 aromatic heterocycles. The van der Waals surface area contributed by atoms with E-state index in [2.05, 4.69) is 13.0 Å². The van der Waals surface area contributed by atoms with Gasteiger partial charge >= 0.3 is 0 Å². The van der Waals surface area contributed by atoms with Crippen molar-refractivity contribution in [3.8, 4) is 0 Å². The maximum atomic E-state index is 11.1. The average Bonchev–Trinajstić information content (AvgIpc) is 2.63. The number of hydrogen-bond acceptors (Lipinski definition) is 2. The maximum Gasteiger partial charge on any atom is 0.156 e. The fourth-order valence-corrected chi connectivity index (χ4v) is 3.65. The molecule has 0 saturated heterocycles. The van der Waals surface area contributed by atoms with Crippen molar-refractivity contribution in [1.82, 2.24) is 0 Å². The molecule has 0 amide bonds. The Morgan fingerprint density at radius 3 is 2.04 bits per heavy atom. The van der Waals surface area contributed by atoms with E-state index >= 15 is 0 Å². The monoisotopic (exact) mass is 328 g/mol. The van der Waals surface area contributed by atoms with E-state index in [0.717, 1.165) is 38.5 Å². The Balaban J connectivity index is 0.000000177. The van der Waals surface area contributed by atoms with Crippen molar-refractivity contribution >= 4 is 11.6 Å². The third kappa shape index (κ3) is 6.59. The van der Waals surface area contributed by atoms with Crippen molar-refractivity contribution in [1.29, 1.82) is 0 Å². The van der Waals surface area contributed by atoms with Crippen molar-refractivity contribution in [3.63, 3.8) is 0 Å². The van der Waals surface area contributed by atoms with Gasteiger partial charge in [-0.25, -0.2) is 0 Å². The Hall–Kier alpha value is -1.44. The van der Waals surface area contributed by atoms with E-state index in [-0.39, 0.29) is 5.78 Å². The Labute approximate surface area is 147 Å². The molecule has 24 heavy (non-hydrogen) atoms. The lowest BCUT2D eigenvalue weighted by Crippen LogP contribution is -2.09. The lowest BCUT2D eigenvalue weighted by molar-refractivity contribution is -0.119. The van der Waals surface area contributed by atoms with E-state index in [9.17, 15) is 9.59 Å². The minimum absolute atomic E-state index is 0.263. The molecule has 2 fully saturated rings. The van der Waals surface area contributed by atoms with E-state index in [1.807, 2.05) is 6.08 Å². The van der Waals surface area contributed by atoms with Crippen LogP contribution in [0.3, 0.4) is 0 Å². The molecule has 0 aromatic rings. The molecule has 3 aliphatic carbocycles. The van der Waals surface area contributed by atoms with Crippen LogP contribution in [0.5, 0.6) is 0 Å². The first kappa shape index (κ1) is 18.9. The lowest BCUT2D eigenvalue weighted by atomic mass is 9.84. The molecule has 0 aliphatic heterocycles. The SMILES string of the molecule is CCCC=C1C=CC(=O)CC1.O=C1CCC(=C2CCCCC2)CC1. The van der Waals surface area contributed by atoms with Crippen molar-refractivity contribution in [3.05, 3.63) is 34.9 Å². The molecule has 2 nitrogen and oxygen atoms in total. The van der Waals surface area contributed by atoms with Crippen LogP contribution in [-0.2, 0) is 9.59 Å². The lowest BCUT2D eigenvalue weighted by Gasteiger charge is -2.21. The first-order valence-electron chi connectivity index (χ1n) is 9.80. The molecule has 0 radical (unpaired) electrons. The van der Waals surface area contributed by atoms with Crippen molar-refractivity contribution in [2.45, 2.75) is 90.4 Å². The zero-order chi connectivity index (χ0) is 17.2. The van der Waals surface area contributed by atoms with Crippen LogP contribution in [0.2, 0.25) is 0 Å². The van der Waals surface area contributed by atoms with E-state index in [1.54, 1.807) is 17.2 Å². The fraction of sp³-hybridized carbons (Fsp3) is 0.636. The second-order valence-corrected chi connectivity index (χ2v) is 7.17. The van der Waals surface area contributed by atoms with E-state index < -0.39 is 0 Å².